The van der Waals surface area contributed by atoms with Gasteiger partial charge in [0.25, 0.3) is 0 Å². The molecule has 0 saturated carbocycles. The molecule has 5 heteroatoms. The van der Waals surface area contributed by atoms with E-state index in [2.05, 4.69) is 6.08 Å². The highest BCUT2D eigenvalue weighted by Crippen LogP contribution is 2.29. The number of ketones is 1. The molecule has 0 aliphatic carbocycles. The van der Waals surface area contributed by atoms with Gasteiger partial charge in [0.2, 0.25) is 0 Å². The molecule has 1 aromatic carbocycles. The van der Waals surface area contributed by atoms with Crippen molar-refractivity contribution in [3.63, 3.8) is 0 Å². The maximum Gasteiger partial charge on any atom is 0.180 e. The molecule has 1 atom stereocenters. The van der Waals surface area contributed by atoms with Gasteiger partial charge in [0.1, 0.15) is 11.5 Å². The van der Waals surface area contributed by atoms with Gasteiger partial charge in [-0.1, -0.05) is 29.4 Å². The van der Waals surface area contributed by atoms with Crippen LogP contribution in [0.3, 0.4) is 0 Å². The lowest BCUT2D eigenvalue weighted by atomic mass is 10.0. The number of carbonyl (C=O) groups is 1. The van der Waals surface area contributed by atoms with Crippen LogP contribution in [0, 0.1) is 6.92 Å². The largest absolute Gasteiger partial charge is 0.497 e. The Morgan fingerprint density at radius 1 is 1.09 bits per heavy atom. The van der Waals surface area contributed by atoms with Crippen LogP contribution in [-0.4, -0.2) is 41.9 Å². The number of methoxy groups -OCH3 is 2. The number of aliphatic hydroxyl groups is 2. The number of aliphatic hydroxyl groups excluding tert-OH is 1. The summed E-state index contributed by atoms with van der Waals surface area (Å²) >= 11 is 0. The van der Waals surface area contributed by atoms with E-state index in [0.29, 0.717) is 24.8 Å². The van der Waals surface area contributed by atoms with Gasteiger partial charge in [0.15, 0.2) is 5.78 Å². The van der Waals surface area contributed by atoms with Crippen LogP contribution >= 0.6 is 0 Å². The summed E-state index contributed by atoms with van der Waals surface area (Å²) in [6.45, 7) is 11.0. The van der Waals surface area contributed by atoms with E-state index in [9.17, 15) is 15.0 Å². The SMILES string of the molecule is COc1cc(C)c(OC)c(C/C=C(\C)C[C@@H](O)/C=C(\C)CC/C=C(\C)C(=O)/C=C/C(C)(C)O)c1. The zero-order valence-corrected chi connectivity index (χ0v) is 22.1. The van der Waals surface area contributed by atoms with Crippen molar-refractivity contribution >= 4 is 5.78 Å². The Morgan fingerprint density at radius 3 is 2.35 bits per heavy atom. The second kappa shape index (κ2) is 13.9. The maximum atomic E-state index is 12.1. The van der Waals surface area contributed by atoms with Crippen LogP contribution < -0.4 is 9.47 Å². The topological polar surface area (TPSA) is 76.0 Å². The van der Waals surface area contributed by atoms with Gasteiger partial charge in [-0.2, -0.15) is 0 Å². The van der Waals surface area contributed by atoms with Crippen molar-refractivity contribution in [1.29, 1.82) is 0 Å². The third kappa shape index (κ3) is 11.0. The summed E-state index contributed by atoms with van der Waals surface area (Å²) in [6, 6.07) is 3.94. The van der Waals surface area contributed by atoms with Gasteiger partial charge in [-0.3, -0.25) is 4.79 Å². The van der Waals surface area contributed by atoms with E-state index >= 15 is 0 Å². The molecule has 0 amide bonds. The van der Waals surface area contributed by atoms with Crippen LogP contribution in [0.2, 0.25) is 0 Å². The molecule has 0 aliphatic heterocycles. The van der Waals surface area contributed by atoms with Gasteiger partial charge in [-0.15, -0.1) is 0 Å². The van der Waals surface area contributed by atoms with Crippen LogP contribution in [0.25, 0.3) is 0 Å². The molecule has 0 saturated heterocycles. The third-order valence-electron chi connectivity index (χ3n) is 5.46. The first-order valence-corrected chi connectivity index (χ1v) is 11.7. The minimum Gasteiger partial charge on any atom is -0.497 e. The smallest absolute Gasteiger partial charge is 0.180 e. The average Bonchev–Trinajstić information content (AvgIpc) is 2.74. The Labute approximate surface area is 205 Å². The fraction of sp³-hybridized carbons (Fsp3) is 0.483. The zero-order chi connectivity index (χ0) is 25.9. The van der Waals surface area contributed by atoms with Crippen LogP contribution in [0.1, 0.15) is 65.0 Å². The highest BCUT2D eigenvalue weighted by Gasteiger charge is 2.10. The molecule has 0 fully saturated rings. The lowest BCUT2D eigenvalue weighted by molar-refractivity contribution is -0.111. The van der Waals surface area contributed by atoms with Gasteiger partial charge in [0, 0.05) is 5.56 Å². The number of hydrogen-bond donors (Lipinski definition) is 2. The Kier molecular flexibility index (Phi) is 12.0. The molecule has 34 heavy (non-hydrogen) atoms. The van der Waals surface area contributed by atoms with E-state index in [1.807, 2.05) is 45.1 Å². The molecule has 0 radical (unpaired) electrons. The van der Waals surface area contributed by atoms with Crippen LogP contribution in [0.5, 0.6) is 11.5 Å². The zero-order valence-electron chi connectivity index (χ0n) is 22.1. The van der Waals surface area contributed by atoms with E-state index in [0.717, 1.165) is 40.2 Å². The van der Waals surface area contributed by atoms with Gasteiger partial charge >= 0.3 is 0 Å². The number of allylic oxidation sites excluding steroid dienone is 5. The van der Waals surface area contributed by atoms with Gasteiger partial charge in [0.05, 0.1) is 25.9 Å². The second-order valence-electron chi connectivity index (χ2n) is 9.45. The van der Waals surface area contributed by atoms with Crippen molar-refractivity contribution in [2.24, 2.45) is 0 Å². The summed E-state index contributed by atoms with van der Waals surface area (Å²) in [5.74, 6) is 1.56. The number of rotatable bonds is 13. The standard InChI is InChI=1S/C29H42O5/c1-20(10-9-11-22(3)27(31)14-15-29(5,6)32)16-25(30)17-21(2)12-13-24-19-26(33-7)18-23(4)28(24)34-8/h11-12,14-16,18-19,25,30,32H,9-10,13,17H2,1-8H3/b15-14+,20-16+,21-12+,22-11+/t25-/m0/s1. The normalized spacial score (nSPS) is 14.5. The number of ether oxygens (including phenoxy) is 2. The molecule has 5 nitrogen and oxygen atoms in total. The summed E-state index contributed by atoms with van der Waals surface area (Å²) in [5, 5.41) is 20.2. The summed E-state index contributed by atoms with van der Waals surface area (Å²) in [5.41, 5.74) is 3.90. The lowest BCUT2D eigenvalue weighted by Gasteiger charge is -2.13. The predicted molar refractivity (Wildman–Crippen MR) is 140 cm³/mol. The Balaban J connectivity index is 2.66. The minimum atomic E-state index is -1.00. The number of benzene rings is 1. The van der Waals surface area contributed by atoms with Crippen LogP contribution in [0.15, 0.2) is 59.2 Å². The summed E-state index contributed by atoms with van der Waals surface area (Å²) < 4.78 is 10.9. The highest BCUT2D eigenvalue weighted by atomic mass is 16.5. The van der Waals surface area contributed by atoms with E-state index < -0.39 is 11.7 Å². The Morgan fingerprint density at radius 2 is 1.76 bits per heavy atom. The molecule has 0 unspecified atom stereocenters. The monoisotopic (exact) mass is 470 g/mol. The van der Waals surface area contributed by atoms with E-state index in [1.165, 1.54) is 12.2 Å². The van der Waals surface area contributed by atoms with E-state index in [-0.39, 0.29) is 5.78 Å². The van der Waals surface area contributed by atoms with Crippen LogP contribution in [-0.2, 0) is 11.2 Å². The first-order valence-electron chi connectivity index (χ1n) is 11.7. The molecular weight excluding hydrogens is 428 g/mol. The predicted octanol–water partition coefficient (Wildman–Crippen LogP) is 5.82. The number of hydrogen-bond acceptors (Lipinski definition) is 5. The van der Waals surface area contributed by atoms with Crippen molar-refractivity contribution in [2.45, 2.75) is 78.9 Å². The second-order valence-corrected chi connectivity index (χ2v) is 9.45. The fourth-order valence-corrected chi connectivity index (χ4v) is 3.57. The Hall–Kier alpha value is -2.63. The molecule has 0 aliphatic rings. The first-order chi connectivity index (χ1) is 15.9. The molecule has 188 valence electrons. The quantitative estimate of drug-likeness (QED) is 0.281. The van der Waals surface area contributed by atoms with Crippen LogP contribution in [0.4, 0.5) is 0 Å². The van der Waals surface area contributed by atoms with E-state index in [4.69, 9.17) is 9.47 Å². The van der Waals surface area contributed by atoms with Crippen molar-refractivity contribution in [2.75, 3.05) is 14.2 Å². The summed E-state index contributed by atoms with van der Waals surface area (Å²) in [7, 11) is 3.33. The van der Waals surface area contributed by atoms with Crippen molar-refractivity contribution < 1.29 is 24.5 Å². The average molecular weight is 471 g/mol. The molecule has 0 spiro atoms. The number of aryl methyl sites for hydroxylation is 1. The molecule has 1 aromatic rings. The maximum absolute atomic E-state index is 12.1. The fourth-order valence-electron chi connectivity index (χ4n) is 3.57. The molecule has 2 N–H and O–H groups in total. The van der Waals surface area contributed by atoms with Crippen molar-refractivity contribution in [1.82, 2.24) is 0 Å². The number of carbonyl (C=O) groups excluding carboxylic acids is 1. The van der Waals surface area contributed by atoms with Crippen molar-refractivity contribution in [3.05, 3.63) is 70.4 Å². The van der Waals surface area contributed by atoms with Crippen molar-refractivity contribution in [3.8, 4) is 11.5 Å². The van der Waals surface area contributed by atoms with E-state index in [1.54, 1.807) is 35.0 Å². The highest BCUT2D eigenvalue weighted by molar-refractivity contribution is 6.03. The summed E-state index contributed by atoms with van der Waals surface area (Å²) in [4.78, 5) is 12.1. The lowest BCUT2D eigenvalue weighted by Crippen LogP contribution is -2.14. The van der Waals surface area contributed by atoms with Gasteiger partial charge in [-0.05, 0) is 103 Å². The molecule has 0 aromatic heterocycles. The van der Waals surface area contributed by atoms with Gasteiger partial charge < -0.3 is 19.7 Å². The minimum absolute atomic E-state index is 0.104. The molecular formula is C29H42O5. The third-order valence-corrected chi connectivity index (χ3v) is 5.46. The molecule has 0 heterocycles. The Bertz CT molecular complexity index is 942. The molecule has 0 bridgehead atoms. The first kappa shape index (κ1) is 29.4. The van der Waals surface area contributed by atoms with Gasteiger partial charge in [-0.25, -0.2) is 0 Å². The molecule has 1 rings (SSSR count). The summed E-state index contributed by atoms with van der Waals surface area (Å²) in [6.07, 6.45) is 11.0.